The van der Waals surface area contributed by atoms with Crippen molar-refractivity contribution in [3.05, 3.63) is 114 Å². The first-order valence-electron chi connectivity index (χ1n) is 15.8. The number of allylic oxidation sites excluding steroid dienone is 11. The number of likely N-dealkylation sites (tertiary alicyclic amines) is 1. The number of fused-ring (bicyclic) bond motifs is 1. The van der Waals surface area contributed by atoms with Gasteiger partial charge in [-0.25, -0.2) is 14.6 Å². The van der Waals surface area contributed by atoms with Gasteiger partial charge in [-0.2, -0.15) is 5.10 Å². The summed E-state index contributed by atoms with van der Waals surface area (Å²) in [5.74, 6) is 6.01. The van der Waals surface area contributed by atoms with Crippen molar-refractivity contribution in [2.45, 2.75) is 65.7 Å². The van der Waals surface area contributed by atoms with Gasteiger partial charge in [0, 0.05) is 37.4 Å². The molecule has 246 valence electrons. The van der Waals surface area contributed by atoms with Crippen LogP contribution in [0.4, 0.5) is 8.78 Å². The second-order valence-corrected chi connectivity index (χ2v) is 11.5. The Bertz CT molecular complexity index is 1310. The molecule has 0 bridgehead atoms. The molecule has 1 saturated heterocycles. The number of nitrogens with zero attached hydrogens (tertiary/aromatic N) is 3. The Hall–Kier alpha value is -3.59. The molecule has 1 aliphatic heterocycles. The number of nitrogens with one attached hydrogen (secondary N) is 1. The number of rotatable bonds is 7. The van der Waals surface area contributed by atoms with Crippen molar-refractivity contribution in [3.8, 4) is 0 Å². The van der Waals surface area contributed by atoms with Crippen LogP contribution in [0.2, 0.25) is 0 Å². The van der Waals surface area contributed by atoms with E-state index in [9.17, 15) is 8.78 Å². The summed E-state index contributed by atoms with van der Waals surface area (Å²) in [6.45, 7) is 14.6. The van der Waals surface area contributed by atoms with Crippen LogP contribution in [0.25, 0.3) is 11.6 Å². The number of aromatic nitrogens is 2. The van der Waals surface area contributed by atoms with Crippen LogP contribution in [-0.2, 0) is 0 Å². The lowest BCUT2D eigenvalue weighted by atomic mass is 10.0. The Morgan fingerprint density at radius 2 is 1.84 bits per heavy atom. The topological polar surface area (TPSA) is 81.4 Å². The lowest BCUT2D eigenvalue weighted by molar-refractivity contribution is 0.303. The van der Waals surface area contributed by atoms with E-state index in [0.717, 1.165) is 56.4 Å². The van der Waals surface area contributed by atoms with Gasteiger partial charge < -0.3 is 5.11 Å². The number of aliphatic hydroxyl groups excluding tert-OH is 1. The molecule has 6 nitrogen and oxygen atoms in total. The molecule has 4 aliphatic rings. The van der Waals surface area contributed by atoms with Crippen LogP contribution in [0.15, 0.2) is 103 Å². The van der Waals surface area contributed by atoms with Gasteiger partial charge in [0.2, 0.25) is 0 Å². The lowest BCUT2D eigenvalue weighted by Crippen LogP contribution is -2.27. The zero-order chi connectivity index (χ0) is 33.2. The molecule has 0 radical (unpaired) electrons. The number of halogens is 2. The summed E-state index contributed by atoms with van der Waals surface area (Å²) in [5.41, 5.74) is 5.00. The fourth-order valence-electron chi connectivity index (χ4n) is 5.61. The summed E-state index contributed by atoms with van der Waals surface area (Å²) >= 11 is 0. The van der Waals surface area contributed by atoms with Gasteiger partial charge in [-0.05, 0) is 87.8 Å². The molecule has 2 unspecified atom stereocenters. The van der Waals surface area contributed by atoms with E-state index in [1.807, 2.05) is 44.5 Å². The minimum absolute atomic E-state index is 0.215. The normalized spacial score (nSPS) is 23.2. The van der Waals surface area contributed by atoms with E-state index >= 15 is 0 Å². The van der Waals surface area contributed by atoms with Crippen LogP contribution in [0.3, 0.4) is 0 Å². The quantitative estimate of drug-likeness (QED) is 0.123. The minimum Gasteiger partial charge on any atom is -0.400 e. The van der Waals surface area contributed by atoms with Crippen LogP contribution in [0, 0.1) is 11.3 Å². The Kier molecular flexibility index (Phi) is 16.5. The van der Waals surface area contributed by atoms with Gasteiger partial charge in [-0.3, -0.25) is 15.0 Å². The highest BCUT2D eigenvalue weighted by Gasteiger charge is 2.47. The second-order valence-electron chi connectivity index (χ2n) is 11.5. The average molecular weight is 622 g/mol. The maximum absolute atomic E-state index is 13.7. The third kappa shape index (κ3) is 11.4. The van der Waals surface area contributed by atoms with E-state index in [-0.39, 0.29) is 17.8 Å². The van der Waals surface area contributed by atoms with Gasteiger partial charge in [-0.1, -0.05) is 62.3 Å². The Morgan fingerprint density at radius 1 is 1.13 bits per heavy atom. The first-order chi connectivity index (χ1) is 21.8. The molecule has 8 heteroatoms. The monoisotopic (exact) mass is 621 g/mol. The summed E-state index contributed by atoms with van der Waals surface area (Å²) in [6.07, 6.45) is 30.5. The number of H-pyrrole nitrogens is 1. The SMILES string of the molecule is C/C=C\C(=C/c1cn[nH]c1C1=CC2CC2(C)C=CC1)N(N)/C=C\C.C=C.CO.FC1=CC=CCC(F)=C1CN1CCCCCC1. The standard InChI is InChI=1S/C20H26N4.C14H19F2N.C2H4.CH4O/c1-4-7-18(24(21)10-5-2)12-16-14-22-23-19(16)15-8-6-9-20(3)13-17(20)11-15;15-13-7-3-4-8-14(16)12(13)11-17-9-5-1-2-6-10-17;2*1-2/h4-7,9-12,14,17H,8,13,21H2,1-3H3,(H,22,23);3-4,7H,1-2,5-6,8-11H2;1-2H2;2H,1H3/b7-4-,10-5-,18-12+;;;. The summed E-state index contributed by atoms with van der Waals surface area (Å²) in [4.78, 5) is 2.17. The largest absolute Gasteiger partial charge is 0.400 e. The van der Waals surface area contributed by atoms with Gasteiger partial charge in [0.15, 0.2) is 0 Å². The summed E-state index contributed by atoms with van der Waals surface area (Å²) < 4.78 is 27.4. The molecule has 3 aliphatic carbocycles. The van der Waals surface area contributed by atoms with E-state index < -0.39 is 5.83 Å². The van der Waals surface area contributed by atoms with Gasteiger partial charge >= 0.3 is 0 Å². The number of hydrogen-bond acceptors (Lipinski definition) is 5. The van der Waals surface area contributed by atoms with Crippen LogP contribution in [0.5, 0.6) is 0 Å². The number of aromatic amines is 1. The van der Waals surface area contributed by atoms with Gasteiger partial charge in [0.25, 0.3) is 0 Å². The van der Waals surface area contributed by atoms with Gasteiger partial charge in [-0.15, -0.1) is 13.2 Å². The van der Waals surface area contributed by atoms with Crippen LogP contribution >= 0.6 is 0 Å². The molecule has 1 aromatic heterocycles. The lowest BCUT2D eigenvalue weighted by Gasteiger charge is -2.21. The van der Waals surface area contributed by atoms with E-state index in [0.29, 0.717) is 17.9 Å². The molecule has 5 rings (SSSR count). The highest BCUT2D eigenvalue weighted by molar-refractivity contribution is 5.74. The average Bonchev–Trinajstić information content (AvgIpc) is 3.66. The second kappa shape index (κ2) is 19.7. The van der Waals surface area contributed by atoms with E-state index in [1.165, 1.54) is 30.9 Å². The van der Waals surface area contributed by atoms with Crippen molar-refractivity contribution in [1.82, 2.24) is 20.1 Å². The molecule has 0 aromatic carbocycles. The molecule has 0 amide bonds. The molecule has 4 N–H and O–H groups in total. The predicted molar refractivity (Wildman–Crippen MR) is 186 cm³/mol. The van der Waals surface area contributed by atoms with Crippen LogP contribution in [0.1, 0.15) is 77.0 Å². The fraction of sp³-hybridized carbons (Fsp3) is 0.432. The Labute approximate surface area is 269 Å². The Balaban J connectivity index is 0.000000296. The van der Waals surface area contributed by atoms with Crippen molar-refractivity contribution in [3.63, 3.8) is 0 Å². The van der Waals surface area contributed by atoms with Crippen molar-refractivity contribution >= 4 is 11.6 Å². The smallest absolute Gasteiger partial charge is 0.130 e. The maximum atomic E-state index is 13.7. The highest BCUT2D eigenvalue weighted by Crippen LogP contribution is 2.56. The number of aliphatic hydroxyl groups is 1. The van der Waals surface area contributed by atoms with E-state index in [2.05, 4.69) is 59.5 Å². The van der Waals surface area contributed by atoms with Crippen molar-refractivity contribution in [2.75, 3.05) is 26.7 Å². The highest BCUT2D eigenvalue weighted by atomic mass is 19.1. The molecular weight excluding hydrogens is 568 g/mol. The number of hydrogen-bond donors (Lipinski definition) is 3. The summed E-state index contributed by atoms with van der Waals surface area (Å²) in [5, 5.41) is 16.1. The molecule has 2 atom stereocenters. The molecule has 1 saturated carbocycles. The third-order valence-corrected chi connectivity index (χ3v) is 8.20. The van der Waals surface area contributed by atoms with Crippen molar-refractivity contribution in [2.24, 2.45) is 17.2 Å². The number of hydrazine groups is 1. The first-order valence-corrected chi connectivity index (χ1v) is 15.8. The predicted octanol–water partition coefficient (Wildman–Crippen LogP) is 8.72. The molecule has 2 fully saturated rings. The molecule has 0 spiro atoms. The van der Waals surface area contributed by atoms with Crippen molar-refractivity contribution in [1.29, 1.82) is 0 Å². The first kappa shape index (κ1) is 37.6. The molecule has 1 aromatic rings. The summed E-state index contributed by atoms with van der Waals surface area (Å²) in [7, 11) is 1.00. The number of nitrogens with two attached hydrogens (primary N) is 1. The molecule has 2 heterocycles. The fourth-order valence-corrected chi connectivity index (χ4v) is 5.61. The van der Waals surface area contributed by atoms with Gasteiger partial charge in [0.05, 0.1) is 17.6 Å². The minimum atomic E-state index is -0.416. The van der Waals surface area contributed by atoms with Gasteiger partial charge in [0.1, 0.15) is 11.7 Å². The Morgan fingerprint density at radius 3 is 2.51 bits per heavy atom. The van der Waals surface area contributed by atoms with Crippen molar-refractivity contribution < 1.29 is 13.9 Å². The van der Waals surface area contributed by atoms with E-state index in [1.54, 1.807) is 17.2 Å². The zero-order valence-corrected chi connectivity index (χ0v) is 27.6. The van der Waals surface area contributed by atoms with Crippen LogP contribution < -0.4 is 5.84 Å². The summed E-state index contributed by atoms with van der Waals surface area (Å²) in [6, 6.07) is 0. The molecular formula is C37H53F2N5O. The third-order valence-electron chi connectivity index (χ3n) is 8.20. The van der Waals surface area contributed by atoms with Crippen LogP contribution in [-0.4, -0.2) is 52.0 Å². The molecule has 45 heavy (non-hydrogen) atoms. The zero-order valence-electron chi connectivity index (χ0n) is 27.6. The maximum Gasteiger partial charge on any atom is 0.130 e. The van der Waals surface area contributed by atoms with E-state index in [4.69, 9.17) is 10.9 Å².